The van der Waals surface area contributed by atoms with Crippen molar-refractivity contribution in [3.05, 3.63) is 53.9 Å². The Morgan fingerprint density at radius 3 is 2.57 bits per heavy atom. The van der Waals surface area contributed by atoms with Crippen molar-refractivity contribution in [2.24, 2.45) is 5.92 Å². The van der Waals surface area contributed by atoms with Crippen LogP contribution in [-0.2, 0) is 13.1 Å². The quantitative estimate of drug-likeness (QED) is 0.789. The monoisotopic (exact) mass is 285 g/mol. The highest BCUT2D eigenvalue weighted by atomic mass is 15.3. The maximum atomic E-state index is 4.39. The summed E-state index contributed by atoms with van der Waals surface area (Å²) in [6.45, 7) is 8.60. The molecule has 1 unspecified atom stereocenters. The van der Waals surface area contributed by atoms with Gasteiger partial charge in [-0.1, -0.05) is 51.1 Å². The average molecular weight is 285 g/mol. The molecule has 1 heterocycles. The molecule has 0 radical (unpaired) electrons. The van der Waals surface area contributed by atoms with E-state index in [1.165, 1.54) is 11.3 Å². The molecular formula is C18H27N3. The summed E-state index contributed by atoms with van der Waals surface area (Å²) in [7, 11) is 0. The van der Waals surface area contributed by atoms with Gasteiger partial charge in [-0.3, -0.25) is 4.68 Å². The third kappa shape index (κ3) is 4.71. The van der Waals surface area contributed by atoms with E-state index in [1.54, 1.807) is 0 Å². The predicted molar refractivity (Wildman–Crippen MR) is 88.0 cm³/mol. The first-order valence-electron chi connectivity index (χ1n) is 7.99. The molecule has 0 bridgehead atoms. The van der Waals surface area contributed by atoms with Crippen LogP contribution in [-0.4, -0.2) is 9.78 Å². The lowest BCUT2D eigenvalue weighted by Crippen LogP contribution is -2.24. The van der Waals surface area contributed by atoms with E-state index >= 15 is 0 Å². The number of nitrogens with one attached hydrogen (secondary N) is 1. The molecule has 3 heteroatoms. The van der Waals surface area contributed by atoms with Crippen molar-refractivity contribution >= 4 is 0 Å². The highest BCUT2D eigenvalue weighted by Gasteiger charge is 2.13. The van der Waals surface area contributed by atoms with Crippen LogP contribution in [0.2, 0.25) is 0 Å². The molecular weight excluding hydrogens is 258 g/mol. The molecule has 1 atom stereocenters. The fourth-order valence-electron chi connectivity index (χ4n) is 2.65. The Hall–Kier alpha value is -1.61. The van der Waals surface area contributed by atoms with Crippen LogP contribution >= 0.6 is 0 Å². The summed E-state index contributed by atoms with van der Waals surface area (Å²) in [6.07, 6.45) is 4.15. The number of aromatic nitrogens is 2. The summed E-state index contributed by atoms with van der Waals surface area (Å²) in [5.74, 6) is 0.670. The van der Waals surface area contributed by atoms with E-state index in [4.69, 9.17) is 0 Å². The minimum Gasteiger partial charge on any atom is -0.304 e. The van der Waals surface area contributed by atoms with Crippen molar-refractivity contribution < 1.29 is 0 Å². The average Bonchev–Trinajstić information content (AvgIpc) is 2.92. The van der Waals surface area contributed by atoms with Crippen LogP contribution < -0.4 is 5.32 Å². The predicted octanol–water partition coefficient (Wildman–Crippen LogP) is 4.17. The molecule has 0 spiro atoms. The second-order valence-corrected chi connectivity index (χ2v) is 6.02. The van der Waals surface area contributed by atoms with Crippen LogP contribution in [0.3, 0.4) is 0 Å². The van der Waals surface area contributed by atoms with Gasteiger partial charge in [0, 0.05) is 25.3 Å². The Balaban J connectivity index is 2.03. The van der Waals surface area contributed by atoms with Gasteiger partial charge in [-0.15, -0.1) is 0 Å². The van der Waals surface area contributed by atoms with Crippen LogP contribution in [0.15, 0.2) is 42.6 Å². The molecule has 0 amide bonds. The van der Waals surface area contributed by atoms with Crippen molar-refractivity contribution in [2.45, 2.75) is 52.7 Å². The Morgan fingerprint density at radius 1 is 1.14 bits per heavy atom. The number of benzene rings is 1. The highest BCUT2D eigenvalue weighted by molar-refractivity contribution is 5.19. The molecule has 21 heavy (non-hydrogen) atoms. The molecule has 0 fully saturated rings. The van der Waals surface area contributed by atoms with E-state index in [-0.39, 0.29) is 0 Å². The maximum absolute atomic E-state index is 4.39. The first kappa shape index (κ1) is 15.8. The second-order valence-electron chi connectivity index (χ2n) is 6.02. The smallest absolute Gasteiger partial charge is 0.0522 e. The molecule has 1 aromatic heterocycles. The van der Waals surface area contributed by atoms with Crippen LogP contribution in [0.4, 0.5) is 0 Å². The van der Waals surface area contributed by atoms with E-state index in [9.17, 15) is 0 Å². The highest BCUT2D eigenvalue weighted by Crippen LogP contribution is 2.21. The molecule has 1 N–H and O–H groups in total. The standard InChI is InChI=1S/C18H27N3/c1-4-12-21-17(10-11-20-21)14-19-18(13-15(2)3)16-8-6-5-7-9-16/h5-11,15,18-19H,4,12-14H2,1-3H3. The largest absolute Gasteiger partial charge is 0.304 e. The fraction of sp³-hybridized carbons (Fsp3) is 0.500. The van der Waals surface area contributed by atoms with Crippen LogP contribution in [0, 0.1) is 5.92 Å². The molecule has 114 valence electrons. The Bertz CT molecular complexity index is 516. The molecule has 1 aromatic carbocycles. The van der Waals surface area contributed by atoms with E-state index < -0.39 is 0 Å². The van der Waals surface area contributed by atoms with Gasteiger partial charge in [-0.2, -0.15) is 5.10 Å². The molecule has 2 aromatic rings. The SMILES string of the molecule is CCCn1nccc1CNC(CC(C)C)c1ccccc1. The number of rotatable bonds is 8. The van der Waals surface area contributed by atoms with Gasteiger partial charge in [0.25, 0.3) is 0 Å². The molecule has 2 rings (SSSR count). The number of aryl methyl sites for hydroxylation is 1. The topological polar surface area (TPSA) is 29.9 Å². The summed E-state index contributed by atoms with van der Waals surface area (Å²) >= 11 is 0. The van der Waals surface area contributed by atoms with Crippen LogP contribution in [0.1, 0.15) is 50.9 Å². The van der Waals surface area contributed by atoms with E-state index in [0.717, 1.165) is 25.9 Å². The fourth-order valence-corrected chi connectivity index (χ4v) is 2.65. The van der Waals surface area contributed by atoms with Crippen LogP contribution in [0.25, 0.3) is 0 Å². The molecule has 3 nitrogen and oxygen atoms in total. The van der Waals surface area contributed by atoms with Gasteiger partial charge in [-0.05, 0) is 30.4 Å². The molecule has 0 saturated heterocycles. The van der Waals surface area contributed by atoms with Crippen molar-refractivity contribution in [1.82, 2.24) is 15.1 Å². The van der Waals surface area contributed by atoms with Crippen molar-refractivity contribution in [3.8, 4) is 0 Å². The van der Waals surface area contributed by atoms with Gasteiger partial charge in [-0.25, -0.2) is 0 Å². The normalized spacial score (nSPS) is 12.8. The van der Waals surface area contributed by atoms with Gasteiger partial charge in [0.05, 0.1) is 5.69 Å². The van der Waals surface area contributed by atoms with Gasteiger partial charge in [0.1, 0.15) is 0 Å². The zero-order valence-electron chi connectivity index (χ0n) is 13.4. The Morgan fingerprint density at radius 2 is 1.90 bits per heavy atom. The summed E-state index contributed by atoms with van der Waals surface area (Å²) < 4.78 is 2.10. The summed E-state index contributed by atoms with van der Waals surface area (Å²) in [5, 5.41) is 8.10. The lowest BCUT2D eigenvalue weighted by atomic mass is 9.97. The van der Waals surface area contributed by atoms with Gasteiger partial charge in [0.15, 0.2) is 0 Å². The first-order valence-corrected chi connectivity index (χ1v) is 7.99. The second kappa shape index (κ2) is 7.99. The summed E-state index contributed by atoms with van der Waals surface area (Å²) in [6, 6.07) is 13.2. The Kier molecular flexibility index (Phi) is 6.00. The zero-order chi connectivity index (χ0) is 15.1. The first-order chi connectivity index (χ1) is 10.2. The maximum Gasteiger partial charge on any atom is 0.0522 e. The van der Waals surface area contributed by atoms with Gasteiger partial charge in [0.2, 0.25) is 0 Å². The van der Waals surface area contributed by atoms with E-state index in [2.05, 4.69) is 72.3 Å². The van der Waals surface area contributed by atoms with Crippen molar-refractivity contribution in [3.63, 3.8) is 0 Å². The van der Waals surface area contributed by atoms with Crippen LogP contribution in [0.5, 0.6) is 0 Å². The molecule has 0 aliphatic heterocycles. The van der Waals surface area contributed by atoms with E-state index in [0.29, 0.717) is 12.0 Å². The lowest BCUT2D eigenvalue weighted by Gasteiger charge is -2.21. The molecule has 0 aliphatic carbocycles. The third-order valence-electron chi connectivity index (χ3n) is 3.68. The summed E-state index contributed by atoms with van der Waals surface area (Å²) in [5.41, 5.74) is 2.63. The van der Waals surface area contributed by atoms with Gasteiger partial charge >= 0.3 is 0 Å². The zero-order valence-corrected chi connectivity index (χ0v) is 13.4. The van der Waals surface area contributed by atoms with E-state index in [1.807, 2.05) is 6.20 Å². The number of hydrogen-bond donors (Lipinski definition) is 1. The molecule has 0 saturated carbocycles. The number of hydrogen-bond acceptors (Lipinski definition) is 2. The molecule has 0 aliphatic rings. The van der Waals surface area contributed by atoms with Crippen molar-refractivity contribution in [2.75, 3.05) is 0 Å². The van der Waals surface area contributed by atoms with Gasteiger partial charge < -0.3 is 5.32 Å². The third-order valence-corrected chi connectivity index (χ3v) is 3.68. The summed E-state index contributed by atoms with van der Waals surface area (Å²) in [4.78, 5) is 0. The van der Waals surface area contributed by atoms with Crippen molar-refractivity contribution in [1.29, 1.82) is 0 Å². The minimum absolute atomic E-state index is 0.399. The lowest BCUT2D eigenvalue weighted by molar-refractivity contribution is 0.419. The minimum atomic E-state index is 0.399. The number of nitrogens with zero attached hydrogens (tertiary/aromatic N) is 2. The Labute approximate surface area is 128 Å².